The number of aliphatic carboxylic acids is 1. The van der Waals surface area contributed by atoms with E-state index < -0.39 is 11.9 Å². The first kappa shape index (κ1) is 17.7. The number of hydrazone groups is 1. The van der Waals surface area contributed by atoms with Crippen molar-refractivity contribution in [2.24, 2.45) is 5.10 Å². The number of nitrogens with zero attached hydrogens (tertiary/aromatic N) is 1. The fourth-order valence-electron chi connectivity index (χ4n) is 1.96. The summed E-state index contributed by atoms with van der Waals surface area (Å²) >= 11 is 3.32. The summed E-state index contributed by atoms with van der Waals surface area (Å²) in [5.41, 5.74) is 3.73. The number of halogens is 1. The molecule has 2 N–H and O–H groups in total. The van der Waals surface area contributed by atoms with Crippen LogP contribution >= 0.6 is 15.9 Å². The predicted molar refractivity (Wildman–Crippen MR) is 90.5 cm³/mol. The number of rotatable bonds is 6. The van der Waals surface area contributed by atoms with Gasteiger partial charge in [-0.3, -0.25) is 4.79 Å². The molecule has 24 heavy (non-hydrogen) atoms. The molecular formula is C17H14BrN2O4-. The van der Waals surface area contributed by atoms with Gasteiger partial charge >= 0.3 is 0 Å². The largest absolute Gasteiger partial charge is 0.550 e. The van der Waals surface area contributed by atoms with Crippen LogP contribution < -0.4 is 10.5 Å². The van der Waals surface area contributed by atoms with Crippen LogP contribution in [0.15, 0.2) is 58.1 Å². The Morgan fingerprint density at radius 3 is 2.42 bits per heavy atom. The maximum Gasteiger partial charge on any atom is 0.271 e. The van der Waals surface area contributed by atoms with Crippen molar-refractivity contribution in [3.05, 3.63) is 64.1 Å². The van der Waals surface area contributed by atoms with Crippen molar-refractivity contribution in [1.29, 1.82) is 0 Å². The summed E-state index contributed by atoms with van der Waals surface area (Å²) in [6.07, 6.45) is -0.0961. The fraction of sp³-hybridized carbons (Fsp3) is 0.118. The minimum Gasteiger partial charge on any atom is -0.550 e. The van der Waals surface area contributed by atoms with Gasteiger partial charge in [-0.2, -0.15) is 5.10 Å². The molecule has 0 unspecified atom stereocenters. The molecule has 0 fully saturated rings. The normalized spacial score (nSPS) is 11.1. The molecule has 0 atom stereocenters. The smallest absolute Gasteiger partial charge is 0.271 e. The highest BCUT2D eigenvalue weighted by atomic mass is 79.9. The van der Waals surface area contributed by atoms with Crippen molar-refractivity contribution in [1.82, 2.24) is 5.43 Å². The molecule has 0 bridgehead atoms. The number of phenolic OH excluding ortho intramolecular Hbond substituents is 1. The molecule has 7 heteroatoms. The Bertz CT molecular complexity index is 772. The van der Waals surface area contributed by atoms with E-state index in [2.05, 4.69) is 26.5 Å². The molecular weight excluding hydrogens is 376 g/mol. The van der Waals surface area contributed by atoms with Crippen LogP contribution in [0.4, 0.5) is 0 Å². The number of carbonyl (C=O) groups is 2. The van der Waals surface area contributed by atoms with E-state index in [1.165, 1.54) is 18.2 Å². The lowest BCUT2D eigenvalue weighted by Gasteiger charge is -2.09. The highest BCUT2D eigenvalue weighted by Crippen LogP contribution is 2.14. The van der Waals surface area contributed by atoms with Crippen LogP contribution in [-0.2, 0) is 4.79 Å². The van der Waals surface area contributed by atoms with Gasteiger partial charge in [-0.25, -0.2) is 5.43 Å². The Morgan fingerprint density at radius 1 is 1.08 bits per heavy atom. The number of aromatic hydroxyl groups is 1. The van der Waals surface area contributed by atoms with Crippen LogP contribution in [-0.4, -0.2) is 22.7 Å². The molecule has 1 amide bonds. The van der Waals surface area contributed by atoms with Crippen LogP contribution in [0.1, 0.15) is 28.8 Å². The highest BCUT2D eigenvalue weighted by Gasteiger charge is 2.08. The van der Waals surface area contributed by atoms with Crippen LogP contribution in [0.3, 0.4) is 0 Å². The number of hydrogen-bond donors (Lipinski definition) is 2. The number of phenols is 1. The first-order valence-electron chi connectivity index (χ1n) is 7.07. The topological polar surface area (TPSA) is 102 Å². The van der Waals surface area contributed by atoms with Gasteiger partial charge in [0.05, 0.1) is 5.71 Å². The van der Waals surface area contributed by atoms with Crippen LogP contribution in [0.25, 0.3) is 0 Å². The lowest BCUT2D eigenvalue weighted by Crippen LogP contribution is -2.24. The number of carbonyl (C=O) groups excluding carboxylic acids is 2. The second kappa shape index (κ2) is 8.26. The Morgan fingerprint density at radius 2 is 1.79 bits per heavy atom. The molecule has 0 saturated heterocycles. The van der Waals surface area contributed by atoms with Gasteiger partial charge in [0.25, 0.3) is 5.91 Å². The summed E-state index contributed by atoms with van der Waals surface area (Å²) in [6, 6.07) is 12.9. The monoisotopic (exact) mass is 389 g/mol. The molecule has 2 rings (SSSR count). The molecule has 0 saturated carbocycles. The SMILES string of the molecule is O=C([O-])CC/C(=N/NC(=O)c1cccc(O)c1)c1ccc(Br)cc1. The van der Waals surface area contributed by atoms with Crippen LogP contribution in [0, 0.1) is 0 Å². The lowest BCUT2D eigenvalue weighted by atomic mass is 10.1. The van der Waals surface area contributed by atoms with E-state index in [0.717, 1.165) is 4.47 Å². The van der Waals surface area contributed by atoms with Crippen molar-refractivity contribution >= 4 is 33.5 Å². The first-order valence-corrected chi connectivity index (χ1v) is 7.87. The maximum atomic E-state index is 12.1. The van der Waals surface area contributed by atoms with Gasteiger partial charge < -0.3 is 15.0 Å². The summed E-state index contributed by atoms with van der Waals surface area (Å²) in [6.45, 7) is 0. The van der Waals surface area contributed by atoms with Gasteiger partial charge in [-0.1, -0.05) is 34.1 Å². The van der Waals surface area contributed by atoms with Gasteiger partial charge in [-0.15, -0.1) is 0 Å². The molecule has 2 aromatic carbocycles. The average molecular weight is 390 g/mol. The highest BCUT2D eigenvalue weighted by molar-refractivity contribution is 9.10. The van der Waals surface area contributed by atoms with E-state index in [9.17, 15) is 19.8 Å². The zero-order chi connectivity index (χ0) is 17.5. The molecule has 6 nitrogen and oxygen atoms in total. The Hall–Kier alpha value is -2.67. The first-order chi connectivity index (χ1) is 11.5. The van der Waals surface area contributed by atoms with E-state index >= 15 is 0 Å². The van der Waals surface area contributed by atoms with Crippen LogP contribution in [0.5, 0.6) is 5.75 Å². The molecule has 0 heterocycles. The minimum absolute atomic E-state index is 0.0308. The molecule has 0 radical (unpaired) electrons. The second-order valence-corrected chi connectivity index (χ2v) is 5.84. The number of nitrogens with one attached hydrogen (secondary N) is 1. The molecule has 0 aliphatic rings. The number of hydrogen-bond acceptors (Lipinski definition) is 5. The molecule has 2 aromatic rings. The third-order valence-corrected chi connectivity index (χ3v) is 3.67. The number of benzene rings is 2. The molecule has 0 aromatic heterocycles. The summed E-state index contributed by atoms with van der Waals surface area (Å²) in [4.78, 5) is 22.8. The van der Waals surface area contributed by atoms with Gasteiger partial charge in [0, 0.05) is 16.0 Å². The molecule has 124 valence electrons. The zero-order valence-corrected chi connectivity index (χ0v) is 14.1. The van der Waals surface area contributed by atoms with Crippen molar-refractivity contribution < 1.29 is 19.8 Å². The number of carboxylic acid groups (broad SMARTS) is 1. The van der Waals surface area contributed by atoms with E-state index in [1.54, 1.807) is 30.3 Å². The Labute approximate surface area is 147 Å². The Kier molecular flexibility index (Phi) is 6.08. The summed E-state index contributed by atoms with van der Waals surface area (Å²) in [7, 11) is 0. The quantitative estimate of drug-likeness (QED) is 0.580. The maximum absolute atomic E-state index is 12.1. The molecule has 0 spiro atoms. The lowest BCUT2D eigenvalue weighted by molar-refractivity contribution is -0.305. The van der Waals surface area contributed by atoms with Gasteiger partial charge in [-0.05, 0) is 48.7 Å². The second-order valence-electron chi connectivity index (χ2n) is 4.93. The van der Waals surface area contributed by atoms with E-state index in [4.69, 9.17) is 0 Å². The van der Waals surface area contributed by atoms with Crippen molar-refractivity contribution in [2.45, 2.75) is 12.8 Å². The Balaban J connectivity index is 2.19. The van der Waals surface area contributed by atoms with Crippen molar-refractivity contribution in [2.75, 3.05) is 0 Å². The standard InChI is InChI=1S/C17H15BrN2O4/c18-13-6-4-11(5-7-13)15(8-9-16(22)23)19-20-17(24)12-2-1-3-14(21)10-12/h1-7,10,21H,8-9H2,(H,20,24)(H,22,23)/p-1/b19-15-. The summed E-state index contributed by atoms with van der Waals surface area (Å²) in [5.74, 6) is -1.73. The summed E-state index contributed by atoms with van der Waals surface area (Å²) < 4.78 is 0.870. The van der Waals surface area contributed by atoms with E-state index in [-0.39, 0.29) is 24.2 Å². The zero-order valence-electron chi connectivity index (χ0n) is 12.5. The van der Waals surface area contributed by atoms with E-state index in [1.807, 2.05) is 0 Å². The number of carboxylic acids is 1. The van der Waals surface area contributed by atoms with Gasteiger partial charge in [0.2, 0.25) is 0 Å². The van der Waals surface area contributed by atoms with Gasteiger partial charge in [0.15, 0.2) is 0 Å². The fourth-order valence-corrected chi connectivity index (χ4v) is 2.22. The molecule has 0 aliphatic carbocycles. The van der Waals surface area contributed by atoms with Crippen molar-refractivity contribution in [3.63, 3.8) is 0 Å². The molecule has 0 aliphatic heterocycles. The van der Waals surface area contributed by atoms with Crippen LogP contribution in [0.2, 0.25) is 0 Å². The van der Waals surface area contributed by atoms with Crippen molar-refractivity contribution in [3.8, 4) is 5.75 Å². The third-order valence-electron chi connectivity index (χ3n) is 3.14. The van der Waals surface area contributed by atoms with Gasteiger partial charge in [0.1, 0.15) is 5.75 Å². The van der Waals surface area contributed by atoms with E-state index in [0.29, 0.717) is 11.3 Å². The third kappa shape index (κ3) is 5.20. The average Bonchev–Trinajstić information content (AvgIpc) is 2.55. The summed E-state index contributed by atoms with van der Waals surface area (Å²) in [5, 5.41) is 24.1. The minimum atomic E-state index is -1.20. The predicted octanol–water partition coefficient (Wildman–Crippen LogP) is 1.82. The number of amides is 1.